The first kappa shape index (κ1) is 18.5. The molecule has 0 saturated heterocycles. The molecule has 0 bridgehead atoms. The van der Waals surface area contributed by atoms with Crippen molar-refractivity contribution in [2.45, 2.75) is 26.2 Å². The maximum Gasteiger partial charge on any atom is 0.274 e. The fourth-order valence-electron chi connectivity index (χ4n) is 2.36. The van der Waals surface area contributed by atoms with Crippen LogP contribution >= 0.6 is 0 Å². The van der Waals surface area contributed by atoms with Crippen molar-refractivity contribution < 1.29 is 9.59 Å². The van der Waals surface area contributed by atoms with Crippen LogP contribution in [-0.2, 0) is 11.2 Å². The number of carbonyl (C=O) groups excluding carboxylic acids is 2. The molecule has 0 spiro atoms. The highest BCUT2D eigenvalue weighted by atomic mass is 16.2. The van der Waals surface area contributed by atoms with Gasteiger partial charge < -0.3 is 10.2 Å². The third kappa shape index (κ3) is 6.29. The van der Waals surface area contributed by atoms with Crippen molar-refractivity contribution in [2.75, 3.05) is 19.6 Å². The largest absolute Gasteiger partial charge is 0.356 e. The molecule has 0 fully saturated rings. The van der Waals surface area contributed by atoms with E-state index in [9.17, 15) is 9.59 Å². The summed E-state index contributed by atoms with van der Waals surface area (Å²) in [5.74, 6) is -0.278. The van der Waals surface area contributed by atoms with E-state index in [1.165, 1.54) is 18.6 Å². The van der Waals surface area contributed by atoms with Crippen molar-refractivity contribution in [3.05, 3.63) is 54.4 Å². The Morgan fingerprint density at radius 2 is 2.00 bits per heavy atom. The number of nitrogens with one attached hydrogen (secondary N) is 1. The van der Waals surface area contributed by atoms with Gasteiger partial charge in [0.15, 0.2) is 0 Å². The molecule has 0 saturated carbocycles. The Labute approximate surface area is 147 Å². The molecular formula is C18H23N5O2. The molecule has 0 aliphatic carbocycles. The van der Waals surface area contributed by atoms with Gasteiger partial charge in [0.2, 0.25) is 5.91 Å². The first-order valence-electron chi connectivity index (χ1n) is 8.42. The molecule has 1 N–H and O–H groups in total. The number of hydrogen-bond donors (Lipinski definition) is 1. The summed E-state index contributed by atoms with van der Waals surface area (Å²) in [5, 5.41) is 2.86. The van der Waals surface area contributed by atoms with Gasteiger partial charge in [0.25, 0.3) is 5.91 Å². The number of amides is 2. The molecule has 7 heteroatoms. The summed E-state index contributed by atoms with van der Waals surface area (Å²) in [4.78, 5) is 38.2. The van der Waals surface area contributed by atoms with Crippen LogP contribution in [0.4, 0.5) is 0 Å². The molecule has 0 atom stereocenters. The molecular weight excluding hydrogens is 318 g/mol. The highest BCUT2D eigenvalue weighted by molar-refractivity contribution is 5.92. The Bertz CT molecular complexity index is 664. The zero-order valence-corrected chi connectivity index (χ0v) is 14.4. The number of hydrogen-bond acceptors (Lipinski definition) is 5. The van der Waals surface area contributed by atoms with Crippen molar-refractivity contribution in [1.82, 2.24) is 25.2 Å². The second-order valence-electron chi connectivity index (χ2n) is 5.55. The lowest BCUT2D eigenvalue weighted by Crippen LogP contribution is -2.36. The van der Waals surface area contributed by atoms with Gasteiger partial charge in [-0.15, -0.1) is 0 Å². The predicted molar refractivity (Wildman–Crippen MR) is 93.8 cm³/mol. The Morgan fingerprint density at radius 1 is 1.12 bits per heavy atom. The van der Waals surface area contributed by atoms with Crippen molar-refractivity contribution in [2.24, 2.45) is 0 Å². The van der Waals surface area contributed by atoms with Crippen LogP contribution in [0.1, 0.15) is 35.9 Å². The minimum absolute atomic E-state index is 0.0796. The van der Waals surface area contributed by atoms with Crippen LogP contribution in [0.15, 0.2) is 43.0 Å². The number of aromatic nitrogens is 3. The first-order chi connectivity index (χ1) is 12.2. The van der Waals surface area contributed by atoms with E-state index in [0.29, 0.717) is 31.7 Å². The quantitative estimate of drug-likeness (QED) is 0.746. The third-order valence-corrected chi connectivity index (χ3v) is 3.60. The summed E-state index contributed by atoms with van der Waals surface area (Å²) in [5.41, 5.74) is 1.24. The average molecular weight is 341 g/mol. The molecule has 132 valence electrons. The highest BCUT2D eigenvalue weighted by Gasteiger charge is 2.17. The van der Waals surface area contributed by atoms with Crippen LogP contribution in [0, 0.1) is 0 Å². The second kappa shape index (κ2) is 10.1. The second-order valence-corrected chi connectivity index (χ2v) is 5.55. The topological polar surface area (TPSA) is 88.1 Å². The van der Waals surface area contributed by atoms with Gasteiger partial charge in [0, 0.05) is 56.8 Å². The summed E-state index contributed by atoms with van der Waals surface area (Å²) >= 11 is 0. The van der Waals surface area contributed by atoms with E-state index < -0.39 is 0 Å². The van der Waals surface area contributed by atoms with Gasteiger partial charge in [-0.05, 0) is 18.6 Å². The number of carbonyl (C=O) groups is 2. The third-order valence-electron chi connectivity index (χ3n) is 3.60. The summed E-state index contributed by atoms with van der Waals surface area (Å²) in [6.45, 7) is 3.46. The summed E-state index contributed by atoms with van der Waals surface area (Å²) in [7, 11) is 0. The van der Waals surface area contributed by atoms with Crippen molar-refractivity contribution in [1.29, 1.82) is 0 Å². The molecule has 0 aliphatic rings. The maximum absolute atomic E-state index is 12.4. The van der Waals surface area contributed by atoms with Gasteiger partial charge in [-0.1, -0.05) is 13.0 Å². The van der Waals surface area contributed by atoms with Crippen LogP contribution in [-0.4, -0.2) is 51.3 Å². The van der Waals surface area contributed by atoms with Gasteiger partial charge >= 0.3 is 0 Å². The van der Waals surface area contributed by atoms with Crippen molar-refractivity contribution in [3.63, 3.8) is 0 Å². The van der Waals surface area contributed by atoms with Crippen LogP contribution in [0.2, 0.25) is 0 Å². The van der Waals surface area contributed by atoms with E-state index in [2.05, 4.69) is 20.3 Å². The van der Waals surface area contributed by atoms with E-state index in [1.807, 2.05) is 25.1 Å². The normalized spacial score (nSPS) is 10.3. The average Bonchev–Trinajstić information content (AvgIpc) is 2.66. The number of nitrogens with zero attached hydrogens (tertiary/aromatic N) is 4. The molecule has 2 amide bonds. The van der Waals surface area contributed by atoms with E-state index in [-0.39, 0.29) is 18.2 Å². The molecule has 0 radical (unpaired) electrons. The lowest BCUT2D eigenvalue weighted by molar-refractivity contribution is -0.121. The molecule has 2 rings (SSSR count). The fraction of sp³-hybridized carbons (Fsp3) is 0.389. The zero-order valence-electron chi connectivity index (χ0n) is 14.4. The number of pyridine rings is 1. The van der Waals surface area contributed by atoms with Gasteiger partial charge in [-0.2, -0.15) is 0 Å². The van der Waals surface area contributed by atoms with E-state index in [4.69, 9.17) is 0 Å². The summed E-state index contributed by atoms with van der Waals surface area (Å²) < 4.78 is 0. The van der Waals surface area contributed by atoms with Crippen LogP contribution in [0.25, 0.3) is 0 Å². The smallest absolute Gasteiger partial charge is 0.274 e. The molecule has 25 heavy (non-hydrogen) atoms. The van der Waals surface area contributed by atoms with Gasteiger partial charge in [-0.25, -0.2) is 4.98 Å². The Hall–Kier alpha value is -2.83. The molecule has 0 unspecified atom stereocenters. The molecule has 2 heterocycles. The van der Waals surface area contributed by atoms with Crippen molar-refractivity contribution >= 4 is 11.8 Å². The maximum atomic E-state index is 12.4. The predicted octanol–water partition coefficient (Wildman–Crippen LogP) is 1.47. The van der Waals surface area contributed by atoms with Gasteiger partial charge in [0.1, 0.15) is 5.69 Å². The molecule has 0 aliphatic heterocycles. The Balaban J connectivity index is 1.78. The van der Waals surface area contributed by atoms with Crippen molar-refractivity contribution in [3.8, 4) is 0 Å². The van der Waals surface area contributed by atoms with Crippen LogP contribution in [0.3, 0.4) is 0 Å². The standard InChI is InChI=1S/C18H23N5O2/c1-2-12-23(18(25)16-14-19-10-11-21-16)13-7-17(24)22-9-6-15-5-3-4-8-20-15/h3-5,8,10-11,14H,2,6-7,9,12-13H2,1H3,(H,22,24). The van der Waals surface area contributed by atoms with Gasteiger partial charge in [-0.3, -0.25) is 19.6 Å². The van der Waals surface area contributed by atoms with Crippen LogP contribution in [0.5, 0.6) is 0 Å². The minimum Gasteiger partial charge on any atom is -0.356 e. The zero-order chi connectivity index (χ0) is 17.9. The highest BCUT2D eigenvalue weighted by Crippen LogP contribution is 2.03. The molecule has 0 aromatic carbocycles. The van der Waals surface area contributed by atoms with E-state index in [1.54, 1.807) is 11.1 Å². The summed E-state index contributed by atoms with van der Waals surface area (Å²) in [6, 6.07) is 5.71. The molecule has 2 aromatic heterocycles. The Morgan fingerprint density at radius 3 is 2.68 bits per heavy atom. The van der Waals surface area contributed by atoms with E-state index >= 15 is 0 Å². The Kier molecular flexibility index (Phi) is 7.49. The molecule has 2 aromatic rings. The first-order valence-corrected chi connectivity index (χ1v) is 8.42. The SMILES string of the molecule is CCCN(CCC(=O)NCCc1ccccn1)C(=O)c1cnccn1. The molecule has 7 nitrogen and oxygen atoms in total. The fourth-order valence-corrected chi connectivity index (χ4v) is 2.36. The lowest BCUT2D eigenvalue weighted by Gasteiger charge is -2.21. The van der Waals surface area contributed by atoms with Crippen LogP contribution < -0.4 is 5.32 Å². The minimum atomic E-state index is -0.198. The lowest BCUT2D eigenvalue weighted by atomic mass is 10.2. The number of rotatable bonds is 9. The van der Waals surface area contributed by atoms with Gasteiger partial charge in [0.05, 0.1) is 6.20 Å². The van der Waals surface area contributed by atoms with E-state index in [0.717, 1.165) is 12.1 Å². The monoisotopic (exact) mass is 341 g/mol. The summed E-state index contributed by atoms with van der Waals surface area (Å²) in [6.07, 6.45) is 7.94.